The van der Waals surface area contributed by atoms with E-state index in [9.17, 15) is 8.42 Å². The topological polar surface area (TPSA) is 103 Å². The lowest BCUT2D eigenvalue weighted by atomic mass is 10.3. The fourth-order valence-corrected chi connectivity index (χ4v) is 1.02. The molecule has 0 aliphatic heterocycles. The zero-order valence-electron chi connectivity index (χ0n) is 6.58. The summed E-state index contributed by atoms with van der Waals surface area (Å²) < 4.78 is 22.7. The van der Waals surface area contributed by atoms with Crippen LogP contribution in [0, 0.1) is 0 Å². The maximum absolute atomic E-state index is 10.3. The molecule has 0 saturated carbocycles. The molecule has 5 nitrogen and oxygen atoms in total. The largest absolute Gasteiger partial charge is 0.274 e. The summed E-state index contributed by atoms with van der Waals surface area (Å²) in [5.41, 5.74) is 0. The van der Waals surface area contributed by atoms with E-state index in [1.165, 1.54) is 0 Å². The van der Waals surface area contributed by atoms with Crippen molar-refractivity contribution in [2.45, 2.75) is 26.2 Å². The third-order valence-corrected chi connectivity index (χ3v) is 1.69. The van der Waals surface area contributed by atoms with Crippen molar-refractivity contribution in [2.75, 3.05) is 6.54 Å². The molecule has 0 aliphatic carbocycles. The monoisotopic (exact) mass is 180 g/mol. The summed E-state index contributed by atoms with van der Waals surface area (Å²) in [7, 11) is -3.45. The summed E-state index contributed by atoms with van der Waals surface area (Å²) in [6.45, 7) is 2.50. The van der Waals surface area contributed by atoms with Crippen LogP contribution in [0.25, 0.3) is 0 Å². The average Bonchev–Trinajstić information content (AvgIpc) is 1.78. The lowest BCUT2D eigenvalue weighted by Gasteiger charge is -1.98. The smallest absolute Gasteiger partial charge is 0.216 e. The molecular weight excluding hydrogens is 166 g/mol. The van der Waals surface area contributed by atoms with Crippen molar-refractivity contribution >= 4 is 10.2 Å². The van der Waals surface area contributed by atoms with Crippen LogP contribution in [-0.4, -0.2) is 15.0 Å². The van der Waals surface area contributed by atoms with Crippen molar-refractivity contribution in [3.63, 3.8) is 0 Å². The van der Waals surface area contributed by atoms with Crippen molar-refractivity contribution in [3.8, 4) is 0 Å². The van der Waals surface area contributed by atoms with E-state index in [1.807, 2.05) is 0 Å². The van der Waals surface area contributed by atoms with E-state index in [0.717, 1.165) is 19.3 Å². The van der Waals surface area contributed by atoms with Crippen LogP contribution in [0.4, 0.5) is 0 Å². The maximum Gasteiger partial charge on any atom is 0.274 e. The molecule has 0 aromatic rings. The number of nitrogens with two attached hydrogens (primary N) is 1. The number of unbranched alkanes of at least 4 members (excludes halogenated alkanes) is 2. The Morgan fingerprint density at radius 2 is 1.91 bits per heavy atom. The van der Waals surface area contributed by atoms with Gasteiger partial charge in [-0.15, -0.1) is 0 Å². The van der Waals surface area contributed by atoms with Crippen molar-refractivity contribution in [1.29, 1.82) is 0 Å². The van der Waals surface area contributed by atoms with Crippen molar-refractivity contribution < 1.29 is 8.42 Å². The van der Waals surface area contributed by atoms with E-state index in [0.29, 0.717) is 6.54 Å². The average molecular weight is 180 g/mol. The van der Waals surface area contributed by atoms with Crippen molar-refractivity contribution in [1.82, 2.24) is 10.9 Å². The van der Waals surface area contributed by atoms with Gasteiger partial charge in [0.25, 0.3) is 10.2 Å². The third-order valence-electron chi connectivity index (χ3n) is 1.08. The number of nitrogens with zero attached hydrogens (tertiary/aromatic N) is 1. The molecule has 0 atom stereocenters. The van der Waals surface area contributed by atoms with Gasteiger partial charge in [0, 0.05) is 12.7 Å². The van der Waals surface area contributed by atoms with Gasteiger partial charge in [0.05, 0.1) is 0 Å². The van der Waals surface area contributed by atoms with Gasteiger partial charge in [0.15, 0.2) is 0 Å². The van der Waals surface area contributed by atoms with Gasteiger partial charge in [-0.2, -0.15) is 8.42 Å². The minimum atomic E-state index is -3.45. The first kappa shape index (κ1) is 13.4. The second-order valence-electron chi connectivity index (χ2n) is 2.15. The van der Waals surface area contributed by atoms with Crippen LogP contribution < -0.4 is 16.0 Å². The van der Waals surface area contributed by atoms with Gasteiger partial charge in [-0.05, 0) is 6.42 Å². The van der Waals surface area contributed by atoms with Crippen molar-refractivity contribution in [2.24, 2.45) is 5.14 Å². The van der Waals surface area contributed by atoms with Crippen LogP contribution in [0.1, 0.15) is 26.2 Å². The lowest BCUT2D eigenvalue weighted by molar-refractivity contribution is 0.577. The Bertz CT molecular complexity index is 167. The van der Waals surface area contributed by atoms with Gasteiger partial charge < -0.3 is 0 Å². The van der Waals surface area contributed by atoms with E-state index in [1.54, 1.807) is 0 Å². The second kappa shape index (κ2) is 6.53. The van der Waals surface area contributed by atoms with E-state index in [4.69, 9.17) is 0 Å². The fraction of sp³-hybridized carbons (Fsp3) is 1.00. The molecule has 0 fully saturated rings. The molecular formula is C5H14N3O2S. The molecule has 0 heterocycles. The first-order valence-electron chi connectivity index (χ1n) is 3.33. The Kier molecular flexibility index (Phi) is 7.97. The molecule has 0 unspecified atom stereocenters. The highest BCUT2D eigenvalue weighted by Crippen LogP contribution is 1.90. The van der Waals surface area contributed by atoms with Gasteiger partial charge in [-0.25, -0.2) is 9.86 Å². The predicted octanol–water partition coefficient (Wildman–Crippen LogP) is -0.511. The Morgan fingerprint density at radius 1 is 1.36 bits per heavy atom. The van der Waals surface area contributed by atoms with Crippen LogP contribution in [-0.2, 0) is 10.2 Å². The summed E-state index contributed by atoms with van der Waals surface area (Å²) in [6.07, 6.45) is 2.96. The van der Waals surface area contributed by atoms with Gasteiger partial charge in [-0.3, -0.25) is 0 Å². The lowest BCUT2D eigenvalue weighted by Crippen LogP contribution is -2.31. The van der Waals surface area contributed by atoms with E-state index in [2.05, 4.69) is 16.8 Å². The molecule has 0 rings (SSSR count). The normalized spacial score (nSPS) is 10.7. The molecule has 3 N–H and O–H groups in total. The van der Waals surface area contributed by atoms with Gasteiger partial charge in [-0.1, -0.05) is 19.8 Å². The molecule has 0 bridgehead atoms. The van der Waals surface area contributed by atoms with Crippen LogP contribution in [0.2, 0.25) is 0 Å². The summed E-state index contributed by atoms with van der Waals surface area (Å²) in [5, 5.41) is 4.68. The summed E-state index contributed by atoms with van der Waals surface area (Å²) in [4.78, 5) is 0. The molecule has 3 radical (unpaired) electrons. The van der Waals surface area contributed by atoms with Gasteiger partial charge in [0.1, 0.15) is 0 Å². The SMILES string of the molecule is CCCCCNS(N)(=O)=O.[N]. The predicted molar refractivity (Wildman–Crippen MR) is 42.8 cm³/mol. The molecule has 0 amide bonds. The van der Waals surface area contributed by atoms with Gasteiger partial charge in [0.2, 0.25) is 0 Å². The zero-order chi connectivity index (χ0) is 8.04. The first-order chi connectivity index (χ1) is 4.56. The zero-order valence-corrected chi connectivity index (χ0v) is 7.39. The highest BCUT2D eigenvalue weighted by molar-refractivity contribution is 7.87. The quantitative estimate of drug-likeness (QED) is 0.556. The standard InChI is InChI=1S/C5H14N2O2S.N/c1-2-3-4-5-7-10(6,8)9;/h7H,2-5H2,1H3,(H2,6,8,9);. The summed E-state index contributed by atoms with van der Waals surface area (Å²) in [6, 6.07) is 0. The summed E-state index contributed by atoms with van der Waals surface area (Å²) in [5.74, 6) is 0. The Balaban J connectivity index is 0. The van der Waals surface area contributed by atoms with Crippen LogP contribution in [0.5, 0.6) is 0 Å². The fourth-order valence-electron chi connectivity index (χ4n) is 0.589. The number of nitrogens with one attached hydrogen (secondary N) is 1. The number of hydrogen-bond donors (Lipinski definition) is 2. The van der Waals surface area contributed by atoms with Crippen molar-refractivity contribution in [3.05, 3.63) is 0 Å². The first-order valence-corrected chi connectivity index (χ1v) is 4.88. The molecule has 11 heavy (non-hydrogen) atoms. The molecule has 0 aromatic carbocycles. The van der Waals surface area contributed by atoms with Crippen LogP contribution in [0.15, 0.2) is 0 Å². The molecule has 0 aromatic heterocycles. The Hall–Kier alpha value is -0.170. The second-order valence-corrected chi connectivity index (χ2v) is 3.53. The number of rotatable bonds is 5. The summed E-state index contributed by atoms with van der Waals surface area (Å²) >= 11 is 0. The Labute approximate surface area is 68.1 Å². The molecule has 0 spiro atoms. The van der Waals surface area contributed by atoms with E-state index < -0.39 is 10.2 Å². The van der Waals surface area contributed by atoms with Crippen LogP contribution >= 0.6 is 0 Å². The van der Waals surface area contributed by atoms with E-state index in [-0.39, 0.29) is 6.15 Å². The molecule has 0 aliphatic rings. The van der Waals surface area contributed by atoms with Gasteiger partial charge >= 0.3 is 0 Å². The highest BCUT2D eigenvalue weighted by atomic mass is 32.2. The maximum atomic E-state index is 10.3. The minimum absolute atomic E-state index is 0. The molecule has 67 valence electrons. The molecule has 6 heteroatoms. The minimum Gasteiger partial charge on any atom is -0.216 e. The Morgan fingerprint density at radius 3 is 2.27 bits per heavy atom. The highest BCUT2D eigenvalue weighted by Gasteiger charge is 1.97. The molecule has 0 saturated heterocycles. The van der Waals surface area contributed by atoms with E-state index >= 15 is 0 Å². The number of hydrogen-bond acceptors (Lipinski definition) is 2. The van der Waals surface area contributed by atoms with Crippen LogP contribution in [0.3, 0.4) is 0 Å². The third kappa shape index (κ3) is 12.9.